The Hall–Kier alpha value is -1.02. The van der Waals surface area contributed by atoms with Crippen molar-refractivity contribution in [3.05, 3.63) is 29.8 Å². The highest BCUT2D eigenvalue weighted by Crippen LogP contribution is 2.14. The summed E-state index contributed by atoms with van der Waals surface area (Å²) in [6.45, 7) is 2.25. The van der Waals surface area contributed by atoms with Crippen LogP contribution >= 0.6 is 24.0 Å². The number of rotatable bonds is 6. The molecule has 0 radical (unpaired) electrons. The molecule has 6 heteroatoms. The minimum absolute atomic E-state index is 0. The van der Waals surface area contributed by atoms with Crippen molar-refractivity contribution in [2.75, 3.05) is 55.4 Å². The lowest BCUT2D eigenvalue weighted by Gasteiger charge is -2.22. The van der Waals surface area contributed by atoms with Gasteiger partial charge in [-0.25, -0.2) is 4.99 Å². The fourth-order valence-corrected chi connectivity index (χ4v) is 1.92. The zero-order chi connectivity index (χ0) is 15.8. The van der Waals surface area contributed by atoms with Crippen LogP contribution in [0.2, 0.25) is 0 Å². The Morgan fingerprint density at radius 2 is 1.68 bits per heavy atom. The summed E-state index contributed by atoms with van der Waals surface area (Å²) >= 11 is 0. The fourth-order valence-electron chi connectivity index (χ4n) is 1.92. The van der Waals surface area contributed by atoms with Gasteiger partial charge in [0.1, 0.15) is 12.4 Å². The van der Waals surface area contributed by atoms with Crippen molar-refractivity contribution in [2.45, 2.75) is 6.54 Å². The van der Waals surface area contributed by atoms with Gasteiger partial charge in [0.25, 0.3) is 0 Å². The van der Waals surface area contributed by atoms with Crippen molar-refractivity contribution in [1.82, 2.24) is 14.7 Å². The third kappa shape index (κ3) is 7.84. The van der Waals surface area contributed by atoms with Crippen molar-refractivity contribution in [2.24, 2.45) is 4.99 Å². The van der Waals surface area contributed by atoms with Crippen LogP contribution in [0.5, 0.6) is 5.75 Å². The number of halogens is 1. The van der Waals surface area contributed by atoms with E-state index in [2.05, 4.69) is 22.0 Å². The van der Waals surface area contributed by atoms with E-state index in [0.29, 0.717) is 13.2 Å². The molecule has 0 amide bonds. The molecule has 5 nitrogen and oxygen atoms in total. The molecule has 1 aromatic carbocycles. The highest BCUT2D eigenvalue weighted by atomic mass is 127. The number of guanidine groups is 1. The number of benzene rings is 1. The van der Waals surface area contributed by atoms with Gasteiger partial charge in [0.05, 0.1) is 6.54 Å². The van der Waals surface area contributed by atoms with Crippen LogP contribution in [0.4, 0.5) is 0 Å². The molecular formula is C16H29IN4O. The Morgan fingerprint density at radius 3 is 2.23 bits per heavy atom. The largest absolute Gasteiger partial charge is 0.492 e. The zero-order valence-corrected chi connectivity index (χ0v) is 16.9. The minimum atomic E-state index is 0. The normalized spacial score (nSPS) is 9.95. The summed E-state index contributed by atoms with van der Waals surface area (Å²) < 4.78 is 5.75. The van der Waals surface area contributed by atoms with E-state index in [1.807, 2.05) is 64.2 Å². The van der Waals surface area contributed by atoms with Crippen LogP contribution in [0, 0.1) is 0 Å². The summed E-state index contributed by atoms with van der Waals surface area (Å²) in [7, 11) is 12.1. The molecule has 1 aromatic rings. The van der Waals surface area contributed by atoms with Gasteiger partial charge in [0, 0.05) is 34.7 Å². The van der Waals surface area contributed by atoms with Crippen LogP contribution in [0.25, 0.3) is 0 Å². The maximum Gasteiger partial charge on any atom is 0.195 e. The van der Waals surface area contributed by atoms with Crippen LogP contribution in [-0.2, 0) is 6.54 Å². The van der Waals surface area contributed by atoms with Crippen molar-refractivity contribution in [3.63, 3.8) is 0 Å². The van der Waals surface area contributed by atoms with Crippen LogP contribution in [0.3, 0.4) is 0 Å². The van der Waals surface area contributed by atoms with Crippen LogP contribution in [0.15, 0.2) is 29.3 Å². The second-order valence-electron chi connectivity index (χ2n) is 5.70. The highest BCUT2D eigenvalue weighted by Gasteiger charge is 2.04. The van der Waals surface area contributed by atoms with Gasteiger partial charge >= 0.3 is 0 Å². The third-order valence-corrected chi connectivity index (χ3v) is 2.91. The molecule has 0 fully saturated rings. The van der Waals surface area contributed by atoms with Crippen LogP contribution in [0.1, 0.15) is 5.56 Å². The molecule has 0 aromatic heterocycles. The van der Waals surface area contributed by atoms with Crippen molar-refractivity contribution in [3.8, 4) is 5.75 Å². The second-order valence-corrected chi connectivity index (χ2v) is 5.70. The van der Waals surface area contributed by atoms with E-state index in [-0.39, 0.29) is 24.0 Å². The van der Waals surface area contributed by atoms with Crippen molar-refractivity contribution < 1.29 is 4.74 Å². The van der Waals surface area contributed by atoms with Gasteiger partial charge < -0.3 is 19.4 Å². The monoisotopic (exact) mass is 420 g/mol. The molecule has 0 aliphatic rings. The van der Waals surface area contributed by atoms with E-state index in [9.17, 15) is 0 Å². The Balaban J connectivity index is 0.00000441. The average Bonchev–Trinajstić information content (AvgIpc) is 2.38. The fraction of sp³-hybridized carbons (Fsp3) is 0.562. The summed E-state index contributed by atoms with van der Waals surface area (Å²) in [6.07, 6.45) is 0. The SMILES string of the molecule is CN(C)CCOc1cccc(CN=C(N(C)C)N(C)C)c1.I. The molecule has 0 unspecified atom stereocenters. The Morgan fingerprint density at radius 1 is 1.05 bits per heavy atom. The standard InChI is InChI=1S/C16H28N4O.HI/c1-18(2)10-11-21-15-9-7-8-14(12-15)13-17-16(19(3)4)20(5)6;/h7-9,12H,10-11,13H2,1-6H3;1H. The molecule has 0 aliphatic heterocycles. The first kappa shape index (κ1) is 21.0. The maximum absolute atomic E-state index is 5.75. The summed E-state index contributed by atoms with van der Waals surface area (Å²) in [5, 5.41) is 0. The number of aliphatic imine (C=N–C) groups is 1. The summed E-state index contributed by atoms with van der Waals surface area (Å²) in [5.74, 6) is 1.86. The molecule has 1 rings (SSSR count). The van der Waals surface area contributed by atoms with Gasteiger partial charge in [0.2, 0.25) is 0 Å². The Labute approximate surface area is 152 Å². The zero-order valence-electron chi connectivity index (χ0n) is 14.5. The number of nitrogens with zero attached hydrogens (tertiary/aromatic N) is 4. The number of hydrogen-bond donors (Lipinski definition) is 0. The predicted octanol–water partition coefficient (Wildman–Crippen LogP) is 2.22. The Bertz CT molecular complexity index is 451. The molecule has 0 spiro atoms. The molecule has 0 N–H and O–H groups in total. The van der Waals surface area contributed by atoms with E-state index in [4.69, 9.17) is 4.74 Å². The highest BCUT2D eigenvalue weighted by molar-refractivity contribution is 14.0. The molecule has 22 heavy (non-hydrogen) atoms. The minimum Gasteiger partial charge on any atom is -0.492 e. The smallest absolute Gasteiger partial charge is 0.195 e. The quantitative estimate of drug-likeness (QED) is 0.401. The number of hydrogen-bond acceptors (Lipinski definition) is 3. The predicted molar refractivity (Wildman–Crippen MR) is 104 cm³/mol. The molecule has 0 saturated carbocycles. The van der Waals surface area contributed by atoms with Gasteiger partial charge in [-0.1, -0.05) is 12.1 Å². The Kier molecular flexibility index (Phi) is 10.2. The lowest BCUT2D eigenvalue weighted by atomic mass is 10.2. The van der Waals surface area contributed by atoms with Crippen molar-refractivity contribution in [1.29, 1.82) is 0 Å². The van der Waals surface area contributed by atoms with E-state index in [1.54, 1.807) is 0 Å². The maximum atomic E-state index is 5.75. The van der Waals surface area contributed by atoms with Gasteiger partial charge in [-0.2, -0.15) is 0 Å². The lowest BCUT2D eigenvalue weighted by Crippen LogP contribution is -2.35. The second kappa shape index (κ2) is 10.7. The third-order valence-electron chi connectivity index (χ3n) is 2.91. The first-order valence-electron chi connectivity index (χ1n) is 7.15. The van der Waals surface area contributed by atoms with Crippen LogP contribution < -0.4 is 4.74 Å². The number of likely N-dealkylation sites (N-methyl/N-ethyl adjacent to an activating group) is 1. The first-order chi connectivity index (χ1) is 9.90. The molecule has 126 valence electrons. The molecule has 0 bridgehead atoms. The van der Waals surface area contributed by atoms with E-state index in [1.165, 1.54) is 0 Å². The van der Waals surface area contributed by atoms with Gasteiger partial charge in [-0.3, -0.25) is 0 Å². The van der Waals surface area contributed by atoms with Crippen LogP contribution in [-0.4, -0.2) is 76.1 Å². The molecule has 0 aliphatic carbocycles. The molecule has 0 saturated heterocycles. The lowest BCUT2D eigenvalue weighted by molar-refractivity contribution is 0.261. The summed E-state index contributed by atoms with van der Waals surface area (Å²) in [6, 6.07) is 8.13. The average molecular weight is 420 g/mol. The van der Waals surface area contributed by atoms with Gasteiger partial charge in [0.15, 0.2) is 5.96 Å². The molecular weight excluding hydrogens is 391 g/mol. The molecule has 0 heterocycles. The van der Waals surface area contributed by atoms with E-state index < -0.39 is 0 Å². The summed E-state index contributed by atoms with van der Waals surface area (Å²) in [5.41, 5.74) is 1.15. The first-order valence-corrected chi connectivity index (χ1v) is 7.15. The number of ether oxygens (including phenoxy) is 1. The van der Waals surface area contributed by atoms with Gasteiger partial charge in [-0.05, 0) is 31.8 Å². The van der Waals surface area contributed by atoms with E-state index in [0.717, 1.165) is 23.8 Å². The van der Waals surface area contributed by atoms with Crippen molar-refractivity contribution >= 4 is 29.9 Å². The topological polar surface area (TPSA) is 31.3 Å². The van der Waals surface area contributed by atoms with Gasteiger partial charge in [-0.15, -0.1) is 24.0 Å². The molecule has 0 atom stereocenters. The van der Waals surface area contributed by atoms with E-state index >= 15 is 0 Å². The summed E-state index contributed by atoms with van der Waals surface area (Å²) in [4.78, 5) is 10.8.